The highest BCUT2D eigenvalue weighted by Crippen LogP contribution is 2.29. The van der Waals surface area contributed by atoms with E-state index in [1.165, 1.54) is 6.08 Å². The Bertz CT molecular complexity index is 1240. The van der Waals surface area contributed by atoms with Crippen LogP contribution in [0.15, 0.2) is 78.5 Å². The number of carboxylic acid groups (broad SMARTS) is 1. The highest BCUT2D eigenvalue weighted by atomic mass is 16.4. The fourth-order valence-electron chi connectivity index (χ4n) is 3.38. The number of para-hydroxylation sites is 1. The zero-order valence-electron chi connectivity index (χ0n) is 15.2. The molecule has 0 aliphatic heterocycles. The number of aryl methyl sites for hydroxylation is 1. The van der Waals surface area contributed by atoms with Gasteiger partial charge >= 0.3 is 5.97 Å². The third kappa shape index (κ3) is 3.14. The molecule has 2 N–H and O–H groups in total. The van der Waals surface area contributed by atoms with Gasteiger partial charge in [0.15, 0.2) is 0 Å². The fourth-order valence-corrected chi connectivity index (χ4v) is 3.38. The van der Waals surface area contributed by atoms with Crippen LogP contribution < -0.4 is 5.32 Å². The molecule has 3 aromatic carbocycles. The average molecular weight is 370 g/mol. The molecule has 1 aromatic heterocycles. The first kappa shape index (κ1) is 17.5. The lowest BCUT2D eigenvalue weighted by Gasteiger charge is -2.06. The number of carbonyl (C=O) groups is 2. The van der Waals surface area contributed by atoms with Gasteiger partial charge < -0.3 is 15.0 Å². The lowest BCUT2D eigenvalue weighted by molar-refractivity contribution is -0.132. The zero-order valence-corrected chi connectivity index (χ0v) is 15.2. The van der Waals surface area contributed by atoms with Gasteiger partial charge in [-0.25, -0.2) is 4.79 Å². The highest BCUT2D eigenvalue weighted by Gasteiger charge is 2.14. The molecular formula is C23H18N2O3. The first-order chi connectivity index (χ1) is 13.5. The Hall–Kier alpha value is -3.86. The van der Waals surface area contributed by atoms with Crippen LogP contribution in [0.25, 0.3) is 27.9 Å². The second-order valence-electron chi connectivity index (χ2n) is 6.54. The van der Waals surface area contributed by atoms with Gasteiger partial charge in [0.2, 0.25) is 0 Å². The number of hydrogen-bond donors (Lipinski definition) is 2. The number of amides is 1. The molecule has 4 rings (SSSR count). The predicted molar refractivity (Wildman–Crippen MR) is 110 cm³/mol. The maximum atomic E-state index is 12.3. The molecule has 0 aliphatic carbocycles. The van der Waals surface area contributed by atoms with Crippen LogP contribution in [0.5, 0.6) is 0 Å². The van der Waals surface area contributed by atoms with E-state index in [1.54, 1.807) is 30.3 Å². The lowest BCUT2D eigenvalue weighted by Crippen LogP contribution is -2.27. The Labute approximate surface area is 161 Å². The third-order valence-electron chi connectivity index (χ3n) is 4.76. The number of hydrogen-bond acceptors (Lipinski definition) is 2. The van der Waals surface area contributed by atoms with E-state index in [0.717, 1.165) is 21.8 Å². The van der Waals surface area contributed by atoms with Gasteiger partial charge in [-0.05, 0) is 42.0 Å². The number of aliphatic carboxylic acids is 1. The molecule has 0 saturated heterocycles. The maximum Gasteiger partial charge on any atom is 0.352 e. The smallest absolute Gasteiger partial charge is 0.352 e. The van der Waals surface area contributed by atoms with E-state index < -0.39 is 11.9 Å². The SMILES string of the molecule is Cn1c2ccccc2c2cc(/C=C(/NC(=O)c3ccccc3)C(=O)O)ccc21. The van der Waals surface area contributed by atoms with Crippen LogP contribution >= 0.6 is 0 Å². The molecule has 138 valence electrons. The molecule has 0 saturated carbocycles. The molecule has 1 amide bonds. The summed E-state index contributed by atoms with van der Waals surface area (Å²) in [5.74, 6) is -1.65. The van der Waals surface area contributed by atoms with E-state index in [1.807, 2.05) is 49.5 Å². The Morgan fingerprint density at radius 1 is 0.893 bits per heavy atom. The minimum Gasteiger partial charge on any atom is -0.477 e. The summed E-state index contributed by atoms with van der Waals surface area (Å²) in [6.07, 6.45) is 1.48. The Balaban J connectivity index is 1.74. The molecule has 5 nitrogen and oxygen atoms in total. The minimum atomic E-state index is -1.19. The van der Waals surface area contributed by atoms with E-state index >= 15 is 0 Å². The van der Waals surface area contributed by atoms with Crippen LogP contribution in [0.4, 0.5) is 0 Å². The fraction of sp³-hybridized carbons (Fsp3) is 0.0435. The number of rotatable bonds is 4. The molecule has 28 heavy (non-hydrogen) atoms. The molecule has 1 heterocycles. The summed E-state index contributed by atoms with van der Waals surface area (Å²) in [6, 6.07) is 22.3. The van der Waals surface area contributed by atoms with Crippen molar-refractivity contribution in [2.75, 3.05) is 0 Å². The van der Waals surface area contributed by atoms with Crippen molar-refractivity contribution in [3.63, 3.8) is 0 Å². The van der Waals surface area contributed by atoms with Crippen molar-refractivity contribution in [2.45, 2.75) is 0 Å². The van der Waals surface area contributed by atoms with E-state index in [9.17, 15) is 14.7 Å². The lowest BCUT2D eigenvalue weighted by atomic mass is 10.1. The quantitative estimate of drug-likeness (QED) is 0.529. The van der Waals surface area contributed by atoms with Crippen LogP contribution in [-0.4, -0.2) is 21.6 Å². The number of carboxylic acids is 1. The van der Waals surface area contributed by atoms with Gasteiger partial charge in [-0.3, -0.25) is 4.79 Å². The monoisotopic (exact) mass is 370 g/mol. The van der Waals surface area contributed by atoms with Crippen molar-refractivity contribution in [1.29, 1.82) is 0 Å². The second kappa shape index (κ2) is 7.04. The van der Waals surface area contributed by atoms with Crippen LogP contribution in [0.3, 0.4) is 0 Å². The minimum absolute atomic E-state index is 0.173. The number of fused-ring (bicyclic) bond motifs is 3. The molecule has 0 atom stereocenters. The molecule has 0 radical (unpaired) electrons. The Morgan fingerprint density at radius 3 is 2.32 bits per heavy atom. The molecule has 0 unspecified atom stereocenters. The van der Waals surface area contributed by atoms with Gasteiger partial charge in [-0.1, -0.05) is 42.5 Å². The zero-order chi connectivity index (χ0) is 19.7. The van der Waals surface area contributed by atoms with Crippen molar-refractivity contribution >= 4 is 39.8 Å². The van der Waals surface area contributed by atoms with Gasteiger partial charge in [0.25, 0.3) is 5.91 Å². The molecule has 0 aliphatic rings. The van der Waals surface area contributed by atoms with Crippen molar-refractivity contribution in [1.82, 2.24) is 9.88 Å². The summed E-state index contributed by atoms with van der Waals surface area (Å²) in [5.41, 5.74) is 3.10. The third-order valence-corrected chi connectivity index (χ3v) is 4.76. The van der Waals surface area contributed by atoms with Gasteiger partial charge in [0.1, 0.15) is 5.70 Å². The molecule has 0 spiro atoms. The summed E-state index contributed by atoms with van der Waals surface area (Å²) in [6.45, 7) is 0. The van der Waals surface area contributed by atoms with Gasteiger partial charge in [-0.15, -0.1) is 0 Å². The Kier molecular flexibility index (Phi) is 4.41. The predicted octanol–water partition coefficient (Wildman–Crippen LogP) is 4.19. The van der Waals surface area contributed by atoms with E-state index in [4.69, 9.17) is 0 Å². The first-order valence-corrected chi connectivity index (χ1v) is 8.83. The first-order valence-electron chi connectivity index (χ1n) is 8.83. The summed E-state index contributed by atoms with van der Waals surface area (Å²) < 4.78 is 2.10. The number of nitrogens with zero attached hydrogens (tertiary/aromatic N) is 1. The van der Waals surface area contributed by atoms with Crippen LogP contribution in [0.2, 0.25) is 0 Å². The summed E-state index contributed by atoms with van der Waals surface area (Å²) in [7, 11) is 2.00. The van der Waals surface area contributed by atoms with Crippen LogP contribution in [-0.2, 0) is 11.8 Å². The van der Waals surface area contributed by atoms with Crippen LogP contribution in [0, 0.1) is 0 Å². The molecule has 5 heteroatoms. The summed E-state index contributed by atoms with van der Waals surface area (Å²) >= 11 is 0. The van der Waals surface area contributed by atoms with E-state index in [-0.39, 0.29) is 5.70 Å². The van der Waals surface area contributed by atoms with Crippen molar-refractivity contribution in [3.8, 4) is 0 Å². The van der Waals surface area contributed by atoms with Crippen molar-refractivity contribution in [2.24, 2.45) is 7.05 Å². The standard InChI is InChI=1S/C23H18N2O3/c1-25-20-10-6-5-9-17(20)18-13-15(11-12-21(18)25)14-19(23(27)28)24-22(26)16-7-3-2-4-8-16/h2-14H,1H3,(H,24,26)(H,27,28)/b19-14+. The number of benzene rings is 3. The molecular weight excluding hydrogens is 352 g/mol. The summed E-state index contributed by atoms with van der Waals surface area (Å²) in [4.78, 5) is 24.0. The largest absolute Gasteiger partial charge is 0.477 e. The number of aromatic nitrogens is 1. The number of nitrogens with one attached hydrogen (secondary N) is 1. The van der Waals surface area contributed by atoms with Gasteiger partial charge in [-0.2, -0.15) is 0 Å². The molecule has 0 fully saturated rings. The second-order valence-corrected chi connectivity index (χ2v) is 6.54. The van der Waals surface area contributed by atoms with Crippen molar-refractivity contribution < 1.29 is 14.7 Å². The average Bonchev–Trinajstić information content (AvgIpc) is 3.00. The van der Waals surface area contributed by atoms with E-state index in [2.05, 4.69) is 9.88 Å². The Morgan fingerprint density at radius 2 is 1.57 bits per heavy atom. The van der Waals surface area contributed by atoms with Crippen molar-refractivity contribution in [3.05, 3.63) is 89.6 Å². The van der Waals surface area contributed by atoms with Gasteiger partial charge in [0, 0.05) is 34.4 Å². The van der Waals surface area contributed by atoms with Crippen LogP contribution in [0.1, 0.15) is 15.9 Å². The van der Waals surface area contributed by atoms with E-state index in [0.29, 0.717) is 11.1 Å². The van der Waals surface area contributed by atoms with Gasteiger partial charge in [0.05, 0.1) is 0 Å². The maximum absolute atomic E-state index is 12.3. The molecule has 0 bridgehead atoms. The normalized spacial score (nSPS) is 11.7. The number of carbonyl (C=O) groups excluding carboxylic acids is 1. The summed E-state index contributed by atoms with van der Waals surface area (Å²) in [5, 5.41) is 14.2. The highest BCUT2D eigenvalue weighted by molar-refractivity contribution is 6.09. The topological polar surface area (TPSA) is 71.3 Å². The molecule has 4 aromatic rings.